The fourth-order valence-corrected chi connectivity index (χ4v) is 3.79. The lowest BCUT2D eigenvalue weighted by atomic mass is 10.1. The molecule has 9 heteroatoms. The van der Waals surface area contributed by atoms with Gasteiger partial charge in [-0.15, -0.1) is 0 Å². The van der Waals surface area contributed by atoms with E-state index in [0.29, 0.717) is 33.9 Å². The molecule has 0 aliphatic carbocycles. The summed E-state index contributed by atoms with van der Waals surface area (Å²) in [4.78, 5) is 17.3. The molecule has 0 saturated carbocycles. The van der Waals surface area contributed by atoms with Gasteiger partial charge in [-0.1, -0.05) is 12.1 Å². The van der Waals surface area contributed by atoms with Crippen molar-refractivity contribution in [1.82, 2.24) is 14.6 Å². The highest BCUT2D eigenvalue weighted by atomic mass is 32.2. The zero-order chi connectivity index (χ0) is 22.0. The largest absolute Gasteiger partial charge is 0.497 e. The van der Waals surface area contributed by atoms with E-state index < -0.39 is 10.0 Å². The number of carbonyl (C=O) groups excluding carboxylic acids is 1. The van der Waals surface area contributed by atoms with Gasteiger partial charge in [-0.25, -0.2) is 17.9 Å². The molecular weight excluding hydrogens is 416 g/mol. The molecule has 4 aromatic rings. The van der Waals surface area contributed by atoms with Gasteiger partial charge in [0.25, 0.3) is 0 Å². The Bertz CT molecular complexity index is 1360. The van der Waals surface area contributed by atoms with Crippen LogP contribution in [0.25, 0.3) is 16.9 Å². The number of anilines is 1. The van der Waals surface area contributed by atoms with Crippen LogP contribution < -0.4 is 9.46 Å². The topological polar surface area (TPSA) is 103 Å². The third-order valence-corrected chi connectivity index (χ3v) is 6.12. The molecule has 0 spiro atoms. The molecule has 0 aliphatic heterocycles. The summed E-state index contributed by atoms with van der Waals surface area (Å²) in [6.07, 6.45) is 3.09. The van der Waals surface area contributed by atoms with Crippen LogP contribution in [0.15, 0.2) is 67.0 Å². The predicted molar refractivity (Wildman–Crippen MR) is 118 cm³/mol. The van der Waals surface area contributed by atoms with E-state index in [1.54, 1.807) is 73.3 Å². The molecule has 1 N–H and O–H groups in total. The van der Waals surface area contributed by atoms with Crippen LogP contribution in [-0.4, -0.2) is 41.7 Å². The van der Waals surface area contributed by atoms with Gasteiger partial charge in [-0.3, -0.25) is 9.52 Å². The van der Waals surface area contributed by atoms with E-state index in [4.69, 9.17) is 4.74 Å². The highest BCUT2D eigenvalue weighted by molar-refractivity contribution is 7.92. The van der Waals surface area contributed by atoms with Crippen molar-refractivity contribution >= 4 is 27.1 Å². The van der Waals surface area contributed by atoms with Crippen LogP contribution in [0.2, 0.25) is 0 Å². The van der Waals surface area contributed by atoms with Crippen LogP contribution in [0.4, 0.5) is 5.69 Å². The second-order valence-electron chi connectivity index (χ2n) is 6.77. The minimum absolute atomic E-state index is 0.0211. The molecule has 2 heterocycles. The number of benzene rings is 2. The number of hydrogen-bond acceptors (Lipinski definition) is 6. The average molecular weight is 436 g/mol. The molecule has 0 saturated heterocycles. The summed E-state index contributed by atoms with van der Waals surface area (Å²) in [7, 11) is -1.83. The molecule has 0 bridgehead atoms. The lowest BCUT2D eigenvalue weighted by Gasteiger charge is -2.09. The van der Waals surface area contributed by atoms with Gasteiger partial charge in [0, 0.05) is 23.0 Å². The Labute approximate surface area is 179 Å². The summed E-state index contributed by atoms with van der Waals surface area (Å²) in [5.74, 6) is 0.439. The predicted octanol–water partition coefficient (Wildman–Crippen LogP) is 3.40. The van der Waals surface area contributed by atoms with Crippen LogP contribution in [0.1, 0.15) is 22.8 Å². The van der Waals surface area contributed by atoms with E-state index in [2.05, 4.69) is 14.8 Å². The number of nitrogens with zero attached hydrogens (tertiary/aromatic N) is 3. The number of nitrogens with one attached hydrogen (secondary N) is 1. The molecule has 0 fully saturated rings. The van der Waals surface area contributed by atoms with Crippen LogP contribution in [0.5, 0.6) is 5.75 Å². The van der Waals surface area contributed by atoms with Crippen molar-refractivity contribution in [2.75, 3.05) is 17.6 Å². The van der Waals surface area contributed by atoms with Gasteiger partial charge in [0.05, 0.1) is 30.3 Å². The maximum Gasteiger partial charge on any atom is 0.232 e. The number of rotatable bonds is 7. The number of carbonyl (C=O) groups is 1. The summed E-state index contributed by atoms with van der Waals surface area (Å²) in [6.45, 7) is 1.57. The van der Waals surface area contributed by atoms with Crippen LogP contribution >= 0.6 is 0 Å². The molecule has 0 atom stereocenters. The summed E-state index contributed by atoms with van der Waals surface area (Å²) >= 11 is 0. The normalized spacial score (nSPS) is 11.4. The summed E-state index contributed by atoms with van der Waals surface area (Å²) in [5.41, 5.74) is 3.14. The fourth-order valence-electron chi connectivity index (χ4n) is 3.16. The minimum atomic E-state index is -3.40. The highest BCUT2D eigenvalue weighted by Gasteiger charge is 2.18. The van der Waals surface area contributed by atoms with Crippen LogP contribution in [0, 0.1) is 0 Å². The zero-order valence-electron chi connectivity index (χ0n) is 16.9. The number of hydrogen-bond donors (Lipinski definition) is 1. The van der Waals surface area contributed by atoms with Crippen molar-refractivity contribution < 1.29 is 17.9 Å². The molecule has 2 aromatic heterocycles. The number of ketones is 1. The van der Waals surface area contributed by atoms with Crippen LogP contribution in [-0.2, 0) is 10.0 Å². The van der Waals surface area contributed by atoms with Gasteiger partial charge >= 0.3 is 0 Å². The first kappa shape index (κ1) is 20.5. The van der Waals surface area contributed by atoms with E-state index >= 15 is 0 Å². The van der Waals surface area contributed by atoms with Crippen molar-refractivity contribution in [1.29, 1.82) is 0 Å². The first-order valence-corrected chi connectivity index (χ1v) is 11.2. The Morgan fingerprint density at radius 3 is 2.61 bits per heavy atom. The molecule has 0 aliphatic rings. The standard InChI is InChI=1S/C22H20N4O4S/c1-3-31(28,29)25-17-6-4-5-16(13-17)20-11-12-23-22-19(14-24-26(20)22)21(27)15-7-9-18(30-2)10-8-15/h4-14,25H,3H2,1-2H3. The minimum Gasteiger partial charge on any atom is -0.497 e. The average Bonchev–Trinajstić information content (AvgIpc) is 3.23. The number of sulfonamides is 1. The Morgan fingerprint density at radius 1 is 1.13 bits per heavy atom. The Kier molecular flexibility index (Phi) is 5.43. The summed E-state index contributed by atoms with van der Waals surface area (Å²) in [6, 6.07) is 15.6. The summed E-state index contributed by atoms with van der Waals surface area (Å²) in [5, 5.41) is 4.37. The number of ether oxygens (including phenoxy) is 1. The maximum absolute atomic E-state index is 13.0. The third kappa shape index (κ3) is 4.13. The number of methoxy groups -OCH3 is 1. The van der Waals surface area contributed by atoms with E-state index in [-0.39, 0.29) is 11.5 Å². The molecule has 0 amide bonds. The van der Waals surface area contributed by atoms with Crippen molar-refractivity contribution in [3.05, 3.63) is 78.1 Å². The highest BCUT2D eigenvalue weighted by Crippen LogP contribution is 2.25. The van der Waals surface area contributed by atoms with Crippen molar-refractivity contribution in [3.63, 3.8) is 0 Å². The Morgan fingerprint density at radius 2 is 1.90 bits per heavy atom. The first-order chi connectivity index (χ1) is 14.9. The van der Waals surface area contributed by atoms with Gasteiger partial charge in [0.2, 0.25) is 10.0 Å². The van der Waals surface area contributed by atoms with Gasteiger partial charge in [0.1, 0.15) is 5.75 Å². The lowest BCUT2D eigenvalue weighted by molar-refractivity contribution is 0.104. The van der Waals surface area contributed by atoms with Gasteiger partial charge in [-0.05, 0) is 49.4 Å². The van der Waals surface area contributed by atoms with E-state index in [1.807, 2.05) is 6.07 Å². The Balaban J connectivity index is 1.73. The van der Waals surface area contributed by atoms with Crippen molar-refractivity contribution in [2.24, 2.45) is 0 Å². The second kappa shape index (κ2) is 8.19. The Hall–Kier alpha value is -3.72. The number of aromatic nitrogens is 3. The van der Waals surface area contributed by atoms with E-state index in [0.717, 1.165) is 5.56 Å². The molecule has 2 aromatic carbocycles. The SMILES string of the molecule is CCS(=O)(=O)Nc1cccc(-c2ccnc3c(C(=O)c4ccc(OC)cc4)cnn23)c1. The van der Waals surface area contributed by atoms with Gasteiger partial charge in [-0.2, -0.15) is 5.10 Å². The molecular formula is C22H20N4O4S. The van der Waals surface area contributed by atoms with E-state index in [9.17, 15) is 13.2 Å². The zero-order valence-corrected chi connectivity index (χ0v) is 17.8. The molecule has 158 valence electrons. The number of fused-ring (bicyclic) bond motifs is 1. The molecule has 8 nitrogen and oxygen atoms in total. The molecule has 4 rings (SSSR count). The van der Waals surface area contributed by atoms with Gasteiger partial charge in [0.15, 0.2) is 11.4 Å². The summed E-state index contributed by atoms with van der Waals surface area (Å²) < 4.78 is 33.1. The molecule has 0 radical (unpaired) electrons. The van der Waals surface area contributed by atoms with Crippen molar-refractivity contribution in [3.8, 4) is 17.0 Å². The monoisotopic (exact) mass is 436 g/mol. The van der Waals surface area contributed by atoms with Crippen LogP contribution in [0.3, 0.4) is 0 Å². The quantitative estimate of drug-likeness (QED) is 0.446. The maximum atomic E-state index is 13.0. The molecule has 31 heavy (non-hydrogen) atoms. The van der Waals surface area contributed by atoms with E-state index in [1.165, 1.54) is 6.20 Å². The third-order valence-electron chi connectivity index (χ3n) is 4.81. The smallest absolute Gasteiger partial charge is 0.232 e. The lowest BCUT2D eigenvalue weighted by Crippen LogP contribution is -2.14. The fraction of sp³-hybridized carbons (Fsp3) is 0.136. The first-order valence-electron chi connectivity index (χ1n) is 9.54. The van der Waals surface area contributed by atoms with Gasteiger partial charge < -0.3 is 4.74 Å². The second-order valence-corrected chi connectivity index (χ2v) is 8.78. The molecule has 0 unspecified atom stereocenters. The van der Waals surface area contributed by atoms with Crippen molar-refractivity contribution in [2.45, 2.75) is 6.92 Å².